The Bertz CT molecular complexity index is 171. The van der Waals surface area contributed by atoms with Gasteiger partial charge in [0.15, 0.2) is 0 Å². The van der Waals surface area contributed by atoms with E-state index in [0.29, 0.717) is 0 Å². The van der Waals surface area contributed by atoms with Crippen LogP contribution in [0.1, 0.15) is 13.8 Å². The van der Waals surface area contributed by atoms with E-state index < -0.39 is 6.65 Å². The molecule has 1 unspecified atom stereocenters. The Hall–Kier alpha value is 0.500. The Kier molecular flexibility index (Phi) is 5.50. The zero-order chi connectivity index (χ0) is 9.78. The molecule has 12 heavy (non-hydrogen) atoms. The van der Waals surface area contributed by atoms with Crippen LogP contribution in [0.2, 0.25) is 0 Å². The monoisotopic (exact) mass is 210 g/mol. The van der Waals surface area contributed by atoms with Crippen LogP contribution in [0.4, 0.5) is 0 Å². The molecule has 0 aliphatic carbocycles. The predicted molar refractivity (Wildman–Crippen MR) is 57.7 cm³/mol. The van der Waals surface area contributed by atoms with Gasteiger partial charge in [-0.05, 0) is 20.4 Å². The topological polar surface area (TPSA) is 23.6 Å². The van der Waals surface area contributed by atoms with Gasteiger partial charge in [0.2, 0.25) is 0 Å². The Labute approximate surface area is 79.7 Å². The number of hydrogen-bond acceptors (Lipinski definition) is 2. The highest BCUT2D eigenvalue weighted by Crippen LogP contribution is 2.61. The maximum Gasteiger partial charge on any atom is 0.270 e. The third-order valence-electron chi connectivity index (χ3n) is 1.83. The zero-order valence-corrected chi connectivity index (χ0v) is 10.3. The van der Waals surface area contributed by atoms with Gasteiger partial charge in [-0.15, -0.1) is 0 Å². The number of nitrogens with zero attached hydrogens (tertiary/aromatic N) is 2. The fraction of sp³-hybridized carbons (Fsp3) is 1.00. The largest absolute Gasteiger partial charge is 0.277 e. The van der Waals surface area contributed by atoms with Crippen molar-refractivity contribution in [2.24, 2.45) is 0 Å². The summed E-state index contributed by atoms with van der Waals surface area (Å²) >= 11 is 1.44. The van der Waals surface area contributed by atoms with Gasteiger partial charge in [0.05, 0.1) is 0 Å². The first-order valence-corrected chi connectivity index (χ1v) is 7.56. The smallest absolute Gasteiger partial charge is 0.270 e. The van der Waals surface area contributed by atoms with Crippen molar-refractivity contribution in [2.45, 2.75) is 13.8 Å². The molecular weight excluding hydrogens is 191 g/mol. The van der Waals surface area contributed by atoms with E-state index in [1.54, 1.807) is 0 Å². The second-order valence-electron chi connectivity index (χ2n) is 2.66. The van der Waals surface area contributed by atoms with Crippen LogP contribution >= 0.6 is 18.0 Å². The molecular formula is C7H19N2OPS. The van der Waals surface area contributed by atoms with Crippen molar-refractivity contribution < 1.29 is 4.57 Å². The van der Waals surface area contributed by atoms with Crippen molar-refractivity contribution in [2.75, 3.05) is 33.4 Å². The summed E-state index contributed by atoms with van der Waals surface area (Å²) in [6.45, 7) is 3.46. The maximum atomic E-state index is 12.3. The van der Waals surface area contributed by atoms with Gasteiger partial charge in [0.25, 0.3) is 6.65 Å². The highest BCUT2D eigenvalue weighted by molar-refractivity contribution is 8.56. The minimum atomic E-state index is -2.30. The third kappa shape index (κ3) is 2.49. The SMILES string of the molecule is CCN(CC)P(=O)(SC)N(C)C. The van der Waals surface area contributed by atoms with Crippen molar-refractivity contribution in [1.82, 2.24) is 9.34 Å². The summed E-state index contributed by atoms with van der Waals surface area (Å²) in [4.78, 5) is 0. The lowest BCUT2D eigenvalue weighted by Crippen LogP contribution is -2.25. The molecule has 0 aliphatic rings. The van der Waals surface area contributed by atoms with Crippen molar-refractivity contribution >= 4 is 18.0 Å². The summed E-state index contributed by atoms with van der Waals surface area (Å²) in [5.41, 5.74) is 0. The first-order chi connectivity index (χ1) is 5.52. The molecule has 0 radical (unpaired) electrons. The fourth-order valence-corrected chi connectivity index (χ4v) is 5.26. The lowest BCUT2D eigenvalue weighted by Gasteiger charge is -2.32. The summed E-state index contributed by atoms with van der Waals surface area (Å²) in [6.07, 6.45) is 1.90. The molecule has 0 aliphatic heterocycles. The minimum absolute atomic E-state index is 0.840. The highest BCUT2D eigenvalue weighted by Gasteiger charge is 2.29. The van der Waals surface area contributed by atoms with E-state index >= 15 is 0 Å². The van der Waals surface area contributed by atoms with Crippen molar-refractivity contribution in [1.29, 1.82) is 0 Å². The standard InChI is InChI=1S/C7H19N2OPS/c1-6-9(7-2)11(10,12-5)8(3)4/h6-7H2,1-5H3. The highest BCUT2D eigenvalue weighted by atomic mass is 32.7. The summed E-state index contributed by atoms with van der Waals surface area (Å²) in [7, 11) is 3.74. The van der Waals surface area contributed by atoms with Crippen LogP contribution in [-0.4, -0.2) is 42.8 Å². The molecule has 0 aromatic rings. The van der Waals surface area contributed by atoms with E-state index in [0.717, 1.165) is 13.1 Å². The van der Waals surface area contributed by atoms with Gasteiger partial charge in [-0.25, -0.2) is 9.34 Å². The van der Waals surface area contributed by atoms with Crippen molar-refractivity contribution in [3.63, 3.8) is 0 Å². The predicted octanol–water partition coefficient (Wildman–Crippen LogP) is 2.36. The van der Waals surface area contributed by atoms with E-state index in [4.69, 9.17) is 0 Å². The minimum Gasteiger partial charge on any atom is -0.277 e. The molecule has 0 heterocycles. The zero-order valence-electron chi connectivity index (χ0n) is 8.57. The average molecular weight is 210 g/mol. The lowest BCUT2D eigenvalue weighted by molar-refractivity contribution is 0.412. The number of rotatable bonds is 5. The van der Waals surface area contributed by atoms with Crippen molar-refractivity contribution in [3.8, 4) is 0 Å². The molecule has 0 N–H and O–H groups in total. The Morgan fingerprint density at radius 3 is 1.75 bits per heavy atom. The molecule has 0 spiro atoms. The van der Waals surface area contributed by atoms with Crippen LogP contribution in [0.25, 0.3) is 0 Å². The molecule has 0 bridgehead atoms. The Morgan fingerprint density at radius 1 is 1.25 bits per heavy atom. The van der Waals surface area contributed by atoms with E-state index in [-0.39, 0.29) is 0 Å². The maximum absolute atomic E-state index is 12.3. The molecule has 0 amide bonds. The third-order valence-corrected chi connectivity index (χ3v) is 7.70. The molecule has 0 aromatic carbocycles. The second kappa shape index (κ2) is 5.28. The van der Waals surface area contributed by atoms with Crippen LogP contribution in [0.3, 0.4) is 0 Å². The number of hydrogen-bond donors (Lipinski definition) is 0. The van der Waals surface area contributed by atoms with Gasteiger partial charge in [-0.2, -0.15) is 0 Å². The summed E-state index contributed by atoms with van der Waals surface area (Å²) in [5.74, 6) is 0. The van der Waals surface area contributed by atoms with E-state index in [1.165, 1.54) is 11.4 Å². The molecule has 74 valence electrons. The van der Waals surface area contributed by atoms with Gasteiger partial charge < -0.3 is 0 Å². The van der Waals surface area contributed by atoms with Crippen molar-refractivity contribution in [3.05, 3.63) is 0 Å². The summed E-state index contributed by atoms with van der Waals surface area (Å²) in [6, 6.07) is 0. The summed E-state index contributed by atoms with van der Waals surface area (Å²) in [5, 5.41) is 0. The van der Waals surface area contributed by atoms with Crippen LogP contribution in [0.15, 0.2) is 0 Å². The van der Waals surface area contributed by atoms with E-state index in [9.17, 15) is 4.57 Å². The second-order valence-corrected chi connectivity index (χ2v) is 7.89. The van der Waals surface area contributed by atoms with E-state index in [2.05, 4.69) is 0 Å². The molecule has 5 heteroatoms. The van der Waals surface area contributed by atoms with Crippen LogP contribution in [0.5, 0.6) is 0 Å². The quantitative estimate of drug-likeness (QED) is 0.650. The van der Waals surface area contributed by atoms with Crippen LogP contribution < -0.4 is 0 Å². The molecule has 0 fully saturated rings. The lowest BCUT2D eigenvalue weighted by atomic mass is 10.7. The normalized spacial score (nSPS) is 16.9. The first kappa shape index (κ1) is 12.5. The average Bonchev–Trinajstić information content (AvgIpc) is 2.05. The summed E-state index contributed by atoms with van der Waals surface area (Å²) < 4.78 is 16.1. The molecule has 0 aromatic heterocycles. The first-order valence-electron chi connectivity index (χ1n) is 4.11. The van der Waals surface area contributed by atoms with Gasteiger partial charge >= 0.3 is 0 Å². The molecule has 0 saturated carbocycles. The Morgan fingerprint density at radius 2 is 1.67 bits per heavy atom. The Balaban J connectivity index is 4.60. The van der Waals surface area contributed by atoms with Crippen LogP contribution in [0, 0.1) is 0 Å². The van der Waals surface area contributed by atoms with Gasteiger partial charge in [-0.3, -0.25) is 4.57 Å². The molecule has 0 rings (SSSR count). The fourth-order valence-electron chi connectivity index (χ4n) is 1.11. The van der Waals surface area contributed by atoms with Crippen LogP contribution in [-0.2, 0) is 4.57 Å². The van der Waals surface area contributed by atoms with Gasteiger partial charge in [0, 0.05) is 13.1 Å². The van der Waals surface area contributed by atoms with Gasteiger partial charge in [0.1, 0.15) is 0 Å². The van der Waals surface area contributed by atoms with E-state index in [1.807, 2.05) is 43.5 Å². The molecule has 3 nitrogen and oxygen atoms in total. The van der Waals surface area contributed by atoms with Gasteiger partial charge in [-0.1, -0.05) is 25.2 Å². The molecule has 0 saturated heterocycles. The molecule has 1 atom stereocenters.